The first-order valence-corrected chi connectivity index (χ1v) is 5.11. The van der Waals surface area contributed by atoms with Gasteiger partial charge < -0.3 is 0 Å². The predicted molar refractivity (Wildman–Crippen MR) is 64.6 cm³/mol. The standard InChI is InChI=1S/C15H8O/c16-10-15-13-7-3-1-5-11(13)9-12-6-2-4-8-14(12)15/h1-8H. The van der Waals surface area contributed by atoms with Gasteiger partial charge in [-0.3, -0.25) is 0 Å². The summed E-state index contributed by atoms with van der Waals surface area (Å²) in [5.74, 6) is 2.04. The lowest BCUT2D eigenvalue weighted by Crippen LogP contribution is -2.30. The van der Waals surface area contributed by atoms with Crippen molar-refractivity contribution in [3.63, 3.8) is 0 Å². The number of rotatable bonds is 0. The van der Waals surface area contributed by atoms with Gasteiger partial charge in [-0.05, 0) is 0 Å². The smallest absolute Gasteiger partial charge is 0.140 e. The van der Waals surface area contributed by atoms with Gasteiger partial charge in [-0.15, -0.1) is 11.5 Å². The van der Waals surface area contributed by atoms with E-state index in [0.29, 0.717) is 5.22 Å². The van der Waals surface area contributed by atoms with Crippen molar-refractivity contribution in [1.82, 2.24) is 0 Å². The van der Waals surface area contributed by atoms with Gasteiger partial charge >= 0.3 is 0 Å². The lowest BCUT2D eigenvalue weighted by atomic mass is 9.98. The fraction of sp³-hybridized carbons (Fsp3) is 0. The average molecular weight is 204 g/mol. The van der Waals surface area contributed by atoms with Crippen LogP contribution in [0.5, 0.6) is 0 Å². The van der Waals surface area contributed by atoms with Crippen LogP contribution in [0.3, 0.4) is 0 Å². The van der Waals surface area contributed by atoms with Gasteiger partial charge in [0.15, 0.2) is 0 Å². The predicted octanol–water partition coefficient (Wildman–Crippen LogP) is 1.15. The molecule has 2 aromatic rings. The van der Waals surface area contributed by atoms with Crippen molar-refractivity contribution in [1.29, 1.82) is 0 Å². The fourth-order valence-corrected chi connectivity index (χ4v) is 2.02. The van der Waals surface area contributed by atoms with Gasteiger partial charge in [0.2, 0.25) is 0 Å². The van der Waals surface area contributed by atoms with Crippen molar-refractivity contribution in [2.75, 3.05) is 0 Å². The molecule has 1 aliphatic carbocycles. The van der Waals surface area contributed by atoms with Crippen LogP contribution in [0.1, 0.15) is 5.56 Å². The Bertz CT molecular complexity index is 732. The molecule has 1 nitrogen and oxygen atoms in total. The van der Waals surface area contributed by atoms with Crippen molar-refractivity contribution in [3.8, 4) is 0 Å². The van der Waals surface area contributed by atoms with Gasteiger partial charge in [0.1, 0.15) is 5.94 Å². The molecule has 0 fully saturated rings. The van der Waals surface area contributed by atoms with Crippen molar-refractivity contribution >= 4 is 28.9 Å². The lowest BCUT2D eigenvalue weighted by Gasteiger charge is -2.03. The molecule has 2 aromatic carbocycles. The summed E-state index contributed by atoms with van der Waals surface area (Å²) in [4.78, 5) is 11.1. The van der Waals surface area contributed by atoms with Crippen LogP contribution < -0.4 is 10.4 Å². The Labute approximate surface area is 93.0 Å². The van der Waals surface area contributed by atoms with Crippen LogP contribution in [0.25, 0.3) is 22.9 Å². The molecule has 0 amide bonds. The van der Waals surface area contributed by atoms with Gasteiger partial charge in [-0.2, -0.15) is 0 Å². The second-order valence-corrected chi connectivity index (χ2v) is 3.69. The molecule has 1 aliphatic rings. The summed E-state index contributed by atoms with van der Waals surface area (Å²) in [6, 6.07) is 11.1. The molecule has 3 rings (SSSR count). The van der Waals surface area contributed by atoms with Gasteiger partial charge in [0.25, 0.3) is 0 Å². The minimum absolute atomic E-state index is 0.630. The number of benzene rings is 2. The molecule has 0 saturated heterocycles. The summed E-state index contributed by atoms with van der Waals surface area (Å²) in [5.41, 5.74) is 0.958. The van der Waals surface area contributed by atoms with Crippen LogP contribution in [0.2, 0.25) is 0 Å². The van der Waals surface area contributed by atoms with Gasteiger partial charge in [-0.25, -0.2) is 4.79 Å². The first-order valence-electron chi connectivity index (χ1n) is 5.11. The molecule has 16 heavy (non-hydrogen) atoms. The summed E-state index contributed by atoms with van der Waals surface area (Å²) < 4.78 is 0. The monoisotopic (exact) mass is 204 g/mol. The fourth-order valence-electron chi connectivity index (χ4n) is 2.02. The van der Waals surface area contributed by atoms with E-state index in [1.54, 1.807) is 0 Å². The minimum atomic E-state index is 0.630. The first kappa shape index (κ1) is 9.02. The van der Waals surface area contributed by atoms with Gasteiger partial charge in [0.05, 0.1) is 22.1 Å². The maximum atomic E-state index is 11.1. The summed E-state index contributed by atoms with van der Waals surface area (Å²) in [7, 11) is 0. The van der Waals surface area contributed by atoms with Crippen LogP contribution in [0, 0.1) is 12.5 Å². The number of hydrogen-bond acceptors (Lipinski definition) is 1. The summed E-state index contributed by atoms with van der Waals surface area (Å²) in [6.07, 6.45) is 7.76. The Balaban J connectivity index is 2.67. The Morgan fingerprint density at radius 3 is 3.00 bits per heavy atom. The SMILES string of the molecule is O=C=c1c2c([c-]c3ccccc13)C=C[CH+]C=2. The van der Waals surface area contributed by atoms with E-state index in [-0.39, 0.29) is 0 Å². The van der Waals surface area contributed by atoms with Crippen molar-refractivity contribution in [2.45, 2.75) is 0 Å². The second-order valence-electron chi connectivity index (χ2n) is 3.69. The van der Waals surface area contributed by atoms with Crippen molar-refractivity contribution in [3.05, 3.63) is 58.8 Å². The van der Waals surface area contributed by atoms with Gasteiger partial charge in [-0.1, -0.05) is 29.7 Å². The van der Waals surface area contributed by atoms with Crippen LogP contribution in [0.4, 0.5) is 0 Å². The Morgan fingerprint density at radius 2 is 2.12 bits per heavy atom. The van der Waals surface area contributed by atoms with Crippen molar-refractivity contribution in [2.24, 2.45) is 0 Å². The molecule has 0 heterocycles. The third kappa shape index (κ3) is 1.19. The van der Waals surface area contributed by atoms with E-state index in [4.69, 9.17) is 0 Å². The van der Waals surface area contributed by atoms with Crippen LogP contribution in [-0.2, 0) is 4.79 Å². The Hall–Kier alpha value is -2.24. The molecular formula is C15H8O. The molecular weight excluding hydrogens is 196 g/mol. The maximum absolute atomic E-state index is 11.1. The molecule has 0 aromatic heterocycles. The third-order valence-corrected chi connectivity index (χ3v) is 2.76. The van der Waals surface area contributed by atoms with Crippen LogP contribution in [-0.4, -0.2) is 5.94 Å². The van der Waals surface area contributed by atoms with Crippen molar-refractivity contribution < 1.29 is 4.79 Å². The molecule has 0 radical (unpaired) electrons. The van der Waals surface area contributed by atoms with Gasteiger partial charge in [0, 0.05) is 18.6 Å². The average Bonchev–Trinajstić information content (AvgIpc) is 2.36. The van der Waals surface area contributed by atoms with E-state index in [1.165, 1.54) is 0 Å². The number of hydrogen-bond donors (Lipinski definition) is 0. The summed E-state index contributed by atoms with van der Waals surface area (Å²) in [6.45, 7) is 0. The third-order valence-electron chi connectivity index (χ3n) is 2.76. The number of carbonyl (C=O) groups excluding carboxylic acids is 1. The zero-order valence-electron chi connectivity index (χ0n) is 8.53. The topological polar surface area (TPSA) is 17.1 Å². The van der Waals surface area contributed by atoms with E-state index >= 15 is 0 Å². The molecule has 0 spiro atoms. The highest BCUT2D eigenvalue weighted by Crippen LogP contribution is 2.10. The van der Waals surface area contributed by atoms with Crippen LogP contribution >= 0.6 is 0 Å². The minimum Gasteiger partial charge on any atom is -0.232 e. The molecule has 0 N–H and O–H groups in total. The van der Waals surface area contributed by atoms with E-state index < -0.39 is 0 Å². The lowest BCUT2D eigenvalue weighted by molar-refractivity contribution is 0.567. The Morgan fingerprint density at radius 1 is 1.25 bits per heavy atom. The highest BCUT2D eigenvalue weighted by Gasteiger charge is 2.06. The quantitative estimate of drug-likeness (QED) is 0.588. The van der Waals surface area contributed by atoms with E-state index in [2.05, 4.69) is 6.07 Å². The van der Waals surface area contributed by atoms with E-state index in [0.717, 1.165) is 21.6 Å². The largest absolute Gasteiger partial charge is 0.232 e. The summed E-state index contributed by atoms with van der Waals surface area (Å²) >= 11 is 0. The maximum Gasteiger partial charge on any atom is 0.140 e. The molecule has 0 atom stereocenters. The molecule has 0 bridgehead atoms. The summed E-state index contributed by atoms with van der Waals surface area (Å²) in [5, 5.41) is 3.41. The highest BCUT2D eigenvalue weighted by molar-refractivity contribution is 5.88. The molecule has 74 valence electrons. The molecule has 0 saturated carbocycles. The van der Waals surface area contributed by atoms with E-state index in [1.807, 2.05) is 54.9 Å². The molecule has 1 heteroatoms. The highest BCUT2D eigenvalue weighted by atomic mass is 16.1. The van der Waals surface area contributed by atoms with Crippen LogP contribution in [0.15, 0.2) is 30.3 Å². The normalized spacial score (nSPS) is 12.5. The number of fused-ring (bicyclic) bond motifs is 2. The zero-order valence-corrected chi connectivity index (χ0v) is 8.53. The molecule has 0 unspecified atom stereocenters. The first-order chi connectivity index (χ1) is 7.90. The molecule has 0 aliphatic heterocycles. The van der Waals surface area contributed by atoms with E-state index in [9.17, 15) is 4.79 Å². The second kappa shape index (κ2) is 3.41. The number of allylic oxidation sites excluding steroid dienone is 1. The zero-order chi connectivity index (χ0) is 11.0. The Kier molecular flexibility index (Phi) is 1.92.